The van der Waals surface area contributed by atoms with Crippen molar-refractivity contribution < 1.29 is 10.2 Å². The fourth-order valence-corrected chi connectivity index (χ4v) is 3.83. The molecule has 2 aromatic carbocycles. The summed E-state index contributed by atoms with van der Waals surface area (Å²) in [6.45, 7) is 4.92. The average molecular weight is 375 g/mol. The van der Waals surface area contributed by atoms with Crippen molar-refractivity contribution in [1.29, 1.82) is 5.26 Å². The van der Waals surface area contributed by atoms with Crippen LogP contribution in [0.25, 0.3) is 22.0 Å². The standard InChI is InChI=1S/C21H21N5O2/c1-13(9-22)11-25-12-17-16(4-5-18(23)20(17)21(25)28)14-2-3-15-10-24-26(6-7-27)19(15)8-14/h2-5,8,10,21,27-28H,1,6-7,11-12,23H2. The lowest BCUT2D eigenvalue weighted by Gasteiger charge is -2.19. The van der Waals surface area contributed by atoms with Gasteiger partial charge in [-0.25, -0.2) is 0 Å². The maximum absolute atomic E-state index is 10.7. The molecule has 3 aromatic rings. The smallest absolute Gasteiger partial charge is 0.136 e. The van der Waals surface area contributed by atoms with E-state index in [1.54, 1.807) is 21.8 Å². The molecule has 0 spiro atoms. The number of hydrogen-bond donors (Lipinski definition) is 3. The van der Waals surface area contributed by atoms with Crippen LogP contribution >= 0.6 is 0 Å². The van der Waals surface area contributed by atoms with Crippen molar-refractivity contribution in [2.24, 2.45) is 0 Å². The van der Waals surface area contributed by atoms with Crippen LogP contribution in [0.2, 0.25) is 0 Å². The van der Waals surface area contributed by atoms with Crippen molar-refractivity contribution in [1.82, 2.24) is 14.7 Å². The molecule has 2 heterocycles. The van der Waals surface area contributed by atoms with Gasteiger partial charge in [0.05, 0.1) is 30.9 Å². The molecule has 0 aliphatic carbocycles. The monoisotopic (exact) mass is 375 g/mol. The number of nitrogens with zero attached hydrogens (tertiary/aromatic N) is 4. The molecular weight excluding hydrogens is 354 g/mol. The van der Waals surface area contributed by atoms with E-state index in [1.165, 1.54) is 0 Å². The van der Waals surface area contributed by atoms with Gasteiger partial charge in [0, 0.05) is 35.3 Å². The van der Waals surface area contributed by atoms with E-state index in [-0.39, 0.29) is 13.2 Å². The lowest BCUT2D eigenvalue weighted by Crippen LogP contribution is -2.24. The highest BCUT2D eigenvalue weighted by Gasteiger charge is 2.32. The van der Waals surface area contributed by atoms with Gasteiger partial charge in [0.25, 0.3) is 0 Å². The van der Waals surface area contributed by atoms with Crippen molar-refractivity contribution in [2.45, 2.75) is 19.3 Å². The predicted octanol–water partition coefficient (Wildman–Crippen LogP) is 2.16. The zero-order chi connectivity index (χ0) is 19.8. The van der Waals surface area contributed by atoms with Gasteiger partial charge in [0.2, 0.25) is 0 Å². The highest BCUT2D eigenvalue weighted by atomic mass is 16.3. The Kier molecular flexibility index (Phi) is 4.61. The topological polar surface area (TPSA) is 111 Å². The second-order valence-electron chi connectivity index (χ2n) is 6.95. The first-order chi connectivity index (χ1) is 13.5. The summed E-state index contributed by atoms with van der Waals surface area (Å²) in [7, 11) is 0. The largest absolute Gasteiger partial charge is 0.398 e. The molecule has 1 aromatic heterocycles. The number of hydrogen-bond acceptors (Lipinski definition) is 6. The number of benzene rings is 2. The maximum atomic E-state index is 10.7. The minimum absolute atomic E-state index is 0.0161. The second kappa shape index (κ2) is 7.09. The van der Waals surface area contributed by atoms with Gasteiger partial charge in [-0.05, 0) is 28.8 Å². The number of nitriles is 1. The van der Waals surface area contributed by atoms with Gasteiger partial charge < -0.3 is 15.9 Å². The van der Waals surface area contributed by atoms with Crippen LogP contribution in [-0.2, 0) is 13.1 Å². The minimum Gasteiger partial charge on any atom is -0.398 e. The molecule has 1 aliphatic heterocycles. The van der Waals surface area contributed by atoms with Crippen molar-refractivity contribution in [3.05, 3.63) is 59.8 Å². The van der Waals surface area contributed by atoms with Crippen molar-refractivity contribution in [2.75, 3.05) is 18.9 Å². The van der Waals surface area contributed by atoms with E-state index in [0.717, 1.165) is 27.6 Å². The third kappa shape index (κ3) is 2.94. The molecular formula is C21H21N5O2. The van der Waals surface area contributed by atoms with E-state index in [1.807, 2.05) is 30.3 Å². The van der Waals surface area contributed by atoms with Crippen LogP contribution in [0.3, 0.4) is 0 Å². The Morgan fingerprint density at radius 1 is 1.36 bits per heavy atom. The van der Waals surface area contributed by atoms with Gasteiger partial charge in [-0.15, -0.1) is 0 Å². The number of nitrogens with two attached hydrogens (primary N) is 1. The molecule has 0 bridgehead atoms. The van der Waals surface area contributed by atoms with Crippen molar-refractivity contribution in [3.63, 3.8) is 0 Å². The van der Waals surface area contributed by atoms with Gasteiger partial charge in [-0.1, -0.05) is 24.8 Å². The summed E-state index contributed by atoms with van der Waals surface area (Å²) in [6, 6.07) is 11.8. The Morgan fingerprint density at radius 2 is 2.18 bits per heavy atom. The quantitative estimate of drug-likeness (QED) is 0.465. The summed E-state index contributed by atoms with van der Waals surface area (Å²) in [6.07, 6.45) is 0.907. The molecule has 7 heteroatoms. The molecule has 0 radical (unpaired) electrons. The minimum atomic E-state index is -0.872. The summed E-state index contributed by atoms with van der Waals surface area (Å²) in [4.78, 5) is 1.78. The Hall–Kier alpha value is -3.18. The summed E-state index contributed by atoms with van der Waals surface area (Å²) >= 11 is 0. The molecule has 1 unspecified atom stereocenters. The van der Waals surface area contributed by atoms with E-state index in [9.17, 15) is 10.2 Å². The van der Waals surface area contributed by atoms with Crippen LogP contribution < -0.4 is 5.73 Å². The average Bonchev–Trinajstić information content (AvgIpc) is 3.24. The summed E-state index contributed by atoms with van der Waals surface area (Å²) in [5, 5.41) is 34.3. The van der Waals surface area contributed by atoms with Crippen LogP contribution in [0.5, 0.6) is 0 Å². The molecule has 0 fully saturated rings. The number of nitrogen functional groups attached to an aromatic ring is 1. The SMILES string of the molecule is C=C(C#N)CN1Cc2c(-c3ccc4cnn(CCO)c4c3)ccc(N)c2C1O. The van der Waals surface area contributed by atoms with Crippen molar-refractivity contribution in [3.8, 4) is 17.2 Å². The van der Waals surface area contributed by atoms with Crippen LogP contribution in [-0.4, -0.2) is 38.0 Å². The number of aliphatic hydroxyl groups excluding tert-OH is 2. The molecule has 0 amide bonds. The van der Waals surface area contributed by atoms with Gasteiger partial charge in [-0.2, -0.15) is 10.4 Å². The molecule has 4 rings (SSSR count). The normalized spacial score (nSPS) is 16.2. The van der Waals surface area contributed by atoms with Gasteiger partial charge >= 0.3 is 0 Å². The highest BCUT2D eigenvalue weighted by molar-refractivity contribution is 5.86. The van der Waals surface area contributed by atoms with E-state index in [0.29, 0.717) is 29.9 Å². The molecule has 7 nitrogen and oxygen atoms in total. The number of rotatable bonds is 5. The third-order valence-corrected chi connectivity index (χ3v) is 5.18. The fourth-order valence-electron chi connectivity index (χ4n) is 3.83. The molecule has 0 saturated heterocycles. The Balaban J connectivity index is 1.79. The summed E-state index contributed by atoms with van der Waals surface area (Å²) in [5.41, 5.74) is 11.6. The summed E-state index contributed by atoms with van der Waals surface area (Å²) < 4.78 is 1.77. The lowest BCUT2D eigenvalue weighted by molar-refractivity contribution is 0.0217. The molecule has 0 saturated carbocycles. The Labute approximate surface area is 162 Å². The number of aromatic nitrogens is 2. The summed E-state index contributed by atoms with van der Waals surface area (Å²) in [5.74, 6) is 0. The number of aliphatic hydroxyl groups is 2. The molecule has 28 heavy (non-hydrogen) atoms. The van der Waals surface area contributed by atoms with Crippen LogP contribution in [0.4, 0.5) is 5.69 Å². The van der Waals surface area contributed by atoms with Crippen LogP contribution in [0.1, 0.15) is 17.4 Å². The highest BCUT2D eigenvalue weighted by Crippen LogP contribution is 2.41. The maximum Gasteiger partial charge on any atom is 0.136 e. The molecule has 4 N–H and O–H groups in total. The lowest BCUT2D eigenvalue weighted by atomic mass is 9.95. The molecule has 142 valence electrons. The molecule has 1 atom stereocenters. The number of anilines is 1. The fraction of sp³-hybridized carbons (Fsp3) is 0.238. The first-order valence-electron chi connectivity index (χ1n) is 9.01. The molecule has 1 aliphatic rings. The zero-order valence-corrected chi connectivity index (χ0v) is 15.3. The van der Waals surface area contributed by atoms with E-state index >= 15 is 0 Å². The Bertz CT molecular complexity index is 1110. The van der Waals surface area contributed by atoms with Gasteiger partial charge in [0.1, 0.15) is 6.23 Å². The van der Waals surface area contributed by atoms with E-state index < -0.39 is 6.23 Å². The number of fused-ring (bicyclic) bond motifs is 2. The third-order valence-electron chi connectivity index (χ3n) is 5.18. The van der Waals surface area contributed by atoms with E-state index in [4.69, 9.17) is 11.0 Å². The predicted molar refractivity (Wildman–Crippen MR) is 107 cm³/mol. The zero-order valence-electron chi connectivity index (χ0n) is 15.3. The van der Waals surface area contributed by atoms with Crippen molar-refractivity contribution >= 4 is 16.6 Å². The van der Waals surface area contributed by atoms with E-state index in [2.05, 4.69) is 11.7 Å². The van der Waals surface area contributed by atoms with Gasteiger partial charge in [0.15, 0.2) is 0 Å². The van der Waals surface area contributed by atoms with Gasteiger partial charge in [-0.3, -0.25) is 9.58 Å². The van der Waals surface area contributed by atoms with Crippen LogP contribution in [0.15, 0.2) is 48.7 Å². The second-order valence-corrected chi connectivity index (χ2v) is 6.95. The Morgan fingerprint density at radius 3 is 2.93 bits per heavy atom. The van der Waals surface area contributed by atoms with Crippen LogP contribution in [0, 0.1) is 11.3 Å². The first kappa shape index (κ1) is 18.2. The first-order valence-corrected chi connectivity index (χ1v) is 9.01.